The number of aromatic nitrogens is 1. The zero-order valence-corrected chi connectivity index (χ0v) is 20.1. The monoisotopic (exact) mass is 474 g/mol. The Kier molecular flexibility index (Phi) is 5.73. The van der Waals surface area contributed by atoms with Gasteiger partial charge in [0.15, 0.2) is 5.82 Å². The molecule has 2 atom stereocenters. The molecule has 1 saturated carbocycles. The first-order valence-electron chi connectivity index (χ1n) is 11.4. The molecule has 1 saturated heterocycles. The summed E-state index contributed by atoms with van der Waals surface area (Å²) in [5.41, 5.74) is 5.19. The number of anilines is 2. The van der Waals surface area contributed by atoms with Crippen molar-refractivity contribution in [3.63, 3.8) is 0 Å². The molecule has 34 heavy (non-hydrogen) atoms. The number of carbonyl (C=O) groups is 2. The van der Waals surface area contributed by atoms with Gasteiger partial charge in [0.25, 0.3) is 0 Å². The lowest BCUT2D eigenvalue weighted by molar-refractivity contribution is 0.0499. The standard InChI is InChI=1S/C24H31FN4O5/c1-11-8-28(10-15(11)27-23(33)34-24(3,4)5)20-12(2)19-16(18(26)17(20)25)21(30)14(22(31)32)9-29(19)13-6-7-13/h9,11,13,15H,6-8,10,26H2,1-5H3,(H,27,33)(H,31,32)/t11-,15-/m0/s1. The Hall–Kier alpha value is -3.30. The average molecular weight is 475 g/mol. The van der Waals surface area contributed by atoms with Crippen molar-refractivity contribution in [1.82, 2.24) is 9.88 Å². The molecule has 10 heteroatoms. The number of benzene rings is 1. The van der Waals surface area contributed by atoms with Gasteiger partial charge in [-0.3, -0.25) is 4.79 Å². The summed E-state index contributed by atoms with van der Waals surface area (Å²) in [6, 6.07) is -0.234. The van der Waals surface area contributed by atoms with Gasteiger partial charge in [-0.1, -0.05) is 6.92 Å². The number of ether oxygens (including phenoxy) is 1. The van der Waals surface area contributed by atoms with E-state index >= 15 is 4.39 Å². The molecule has 0 radical (unpaired) electrons. The van der Waals surface area contributed by atoms with Crippen LogP contribution in [-0.2, 0) is 4.74 Å². The molecule has 1 aliphatic heterocycles. The maximum atomic E-state index is 15.7. The van der Waals surface area contributed by atoms with Gasteiger partial charge >= 0.3 is 12.1 Å². The minimum Gasteiger partial charge on any atom is -0.477 e. The molecular weight excluding hydrogens is 443 g/mol. The van der Waals surface area contributed by atoms with Crippen molar-refractivity contribution in [3.05, 3.63) is 33.4 Å². The smallest absolute Gasteiger partial charge is 0.407 e. The van der Waals surface area contributed by atoms with E-state index in [2.05, 4.69) is 5.32 Å². The zero-order valence-electron chi connectivity index (χ0n) is 20.1. The van der Waals surface area contributed by atoms with Crippen LogP contribution in [0.4, 0.5) is 20.6 Å². The lowest BCUT2D eigenvalue weighted by Crippen LogP contribution is -2.42. The predicted molar refractivity (Wildman–Crippen MR) is 127 cm³/mol. The highest BCUT2D eigenvalue weighted by Crippen LogP contribution is 2.42. The molecule has 2 aromatic rings. The number of nitrogens with two attached hydrogens (primary N) is 1. The Morgan fingerprint density at radius 1 is 1.26 bits per heavy atom. The number of hydrogen-bond donors (Lipinski definition) is 3. The van der Waals surface area contributed by atoms with Crippen molar-refractivity contribution in [2.45, 2.75) is 65.1 Å². The van der Waals surface area contributed by atoms with Crippen molar-refractivity contribution in [2.75, 3.05) is 23.7 Å². The first-order chi connectivity index (χ1) is 15.8. The highest BCUT2D eigenvalue weighted by Gasteiger charge is 2.36. The Morgan fingerprint density at radius 2 is 1.91 bits per heavy atom. The van der Waals surface area contributed by atoms with Gasteiger partial charge in [0.1, 0.15) is 11.2 Å². The maximum absolute atomic E-state index is 15.7. The molecule has 1 aliphatic carbocycles. The van der Waals surface area contributed by atoms with E-state index in [1.807, 2.05) is 11.8 Å². The second-order valence-electron chi connectivity index (χ2n) is 10.4. The number of aromatic carboxylic acids is 1. The van der Waals surface area contributed by atoms with Gasteiger partial charge in [0.05, 0.1) is 28.3 Å². The van der Waals surface area contributed by atoms with Gasteiger partial charge < -0.3 is 30.4 Å². The number of alkyl carbamates (subject to hydrolysis) is 1. The van der Waals surface area contributed by atoms with Gasteiger partial charge in [-0.05, 0) is 52.0 Å². The number of pyridine rings is 1. The van der Waals surface area contributed by atoms with E-state index < -0.39 is 34.5 Å². The fraction of sp³-hybridized carbons (Fsp3) is 0.542. The minimum atomic E-state index is -1.37. The number of carboxylic acid groups (broad SMARTS) is 1. The predicted octanol–water partition coefficient (Wildman–Crippen LogP) is 3.41. The van der Waals surface area contributed by atoms with Crippen molar-refractivity contribution in [2.24, 2.45) is 5.92 Å². The first-order valence-corrected chi connectivity index (χ1v) is 11.4. The molecule has 9 nitrogen and oxygen atoms in total. The summed E-state index contributed by atoms with van der Waals surface area (Å²) in [5, 5.41) is 12.3. The molecule has 2 aliphatic rings. The van der Waals surface area contributed by atoms with E-state index in [0.29, 0.717) is 24.2 Å². The number of nitrogens with one attached hydrogen (secondary N) is 1. The lowest BCUT2D eigenvalue weighted by Gasteiger charge is -2.26. The molecule has 0 spiro atoms. The van der Waals surface area contributed by atoms with Crippen LogP contribution in [0.1, 0.15) is 62.5 Å². The highest BCUT2D eigenvalue weighted by atomic mass is 19.1. The third kappa shape index (κ3) is 4.17. The van der Waals surface area contributed by atoms with Gasteiger partial charge in [-0.2, -0.15) is 0 Å². The van der Waals surface area contributed by atoms with Crippen molar-refractivity contribution in [1.29, 1.82) is 0 Å². The van der Waals surface area contributed by atoms with E-state index in [1.54, 1.807) is 32.3 Å². The second kappa shape index (κ2) is 8.18. The third-order valence-corrected chi connectivity index (χ3v) is 6.46. The molecule has 0 bridgehead atoms. The summed E-state index contributed by atoms with van der Waals surface area (Å²) in [6.45, 7) is 9.82. The number of amides is 1. The molecule has 184 valence electrons. The number of halogens is 1. The average Bonchev–Trinajstić information content (AvgIpc) is 3.49. The number of nitrogens with zero attached hydrogens (tertiary/aromatic N) is 2. The molecule has 1 amide bonds. The summed E-state index contributed by atoms with van der Waals surface area (Å²) < 4.78 is 22.8. The largest absolute Gasteiger partial charge is 0.477 e. The van der Waals surface area contributed by atoms with Crippen LogP contribution in [0.5, 0.6) is 0 Å². The van der Waals surface area contributed by atoms with Gasteiger partial charge in [0, 0.05) is 25.3 Å². The fourth-order valence-corrected chi connectivity index (χ4v) is 4.74. The van der Waals surface area contributed by atoms with E-state index in [-0.39, 0.29) is 34.8 Å². The number of carboxylic acids is 1. The second-order valence-corrected chi connectivity index (χ2v) is 10.4. The normalized spacial score (nSPS) is 20.6. The van der Waals surface area contributed by atoms with Gasteiger partial charge in [-0.25, -0.2) is 14.0 Å². The van der Waals surface area contributed by atoms with Crippen LogP contribution in [0, 0.1) is 18.7 Å². The molecule has 1 aromatic carbocycles. The summed E-state index contributed by atoms with van der Waals surface area (Å²) in [4.78, 5) is 38.7. The minimum absolute atomic E-state index is 0.00301. The number of aryl methyl sites for hydroxylation is 1. The molecule has 4 rings (SSSR count). The van der Waals surface area contributed by atoms with Crippen LogP contribution < -0.4 is 21.4 Å². The quantitative estimate of drug-likeness (QED) is 0.580. The Labute approximate surface area is 196 Å². The summed E-state index contributed by atoms with van der Waals surface area (Å²) >= 11 is 0. The summed E-state index contributed by atoms with van der Waals surface area (Å²) in [5.74, 6) is -2.12. The van der Waals surface area contributed by atoms with Gasteiger partial charge in [0.2, 0.25) is 5.43 Å². The van der Waals surface area contributed by atoms with Crippen molar-refractivity contribution in [3.8, 4) is 0 Å². The Balaban J connectivity index is 1.78. The maximum Gasteiger partial charge on any atom is 0.407 e. The lowest BCUT2D eigenvalue weighted by atomic mass is 10.0. The van der Waals surface area contributed by atoms with Crippen LogP contribution in [0.15, 0.2) is 11.0 Å². The number of carbonyl (C=O) groups excluding carboxylic acids is 1. The van der Waals surface area contributed by atoms with E-state index in [0.717, 1.165) is 12.8 Å². The molecular formula is C24H31FN4O5. The van der Waals surface area contributed by atoms with E-state index in [4.69, 9.17) is 10.5 Å². The molecule has 2 heterocycles. The summed E-state index contributed by atoms with van der Waals surface area (Å²) in [6.07, 6.45) is 2.49. The number of nitrogen functional groups attached to an aromatic ring is 1. The van der Waals surface area contributed by atoms with Crippen molar-refractivity contribution < 1.29 is 23.8 Å². The number of hydrogen-bond acceptors (Lipinski definition) is 6. The summed E-state index contributed by atoms with van der Waals surface area (Å²) in [7, 11) is 0. The van der Waals surface area contributed by atoms with Crippen LogP contribution in [-0.4, -0.2) is 46.5 Å². The van der Waals surface area contributed by atoms with E-state index in [9.17, 15) is 19.5 Å². The van der Waals surface area contributed by atoms with Gasteiger partial charge in [-0.15, -0.1) is 0 Å². The molecule has 0 unspecified atom stereocenters. The first kappa shape index (κ1) is 23.8. The van der Waals surface area contributed by atoms with Crippen molar-refractivity contribution >= 4 is 34.3 Å². The fourth-order valence-electron chi connectivity index (χ4n) is 4.74. The van der Waals surface area contributed by atoms with Crippen LogP contribution in [0.25, 0.3) is 10.9 Å². The highest BCUT2D eigenvalue weighted by molar-refractivity contribution is 6.01. The molecule has 1 aromatic heterocycles. The number of rotatable bonds is 4. The van der Waals surface area contributed by atoms with Crippen LogP contribution >= 0.6 is 0 Å². The Bertz CT molecular complexity index is 1250. The SMILES string of the molecule is Cc1c(N2C[C@H](NC(=O)OC(C)(C)C)[C@@H](C)C2)c(F)c(N)c2c(=O)c(C(=O)O)cn(C3CC3)c12. The Morgan fingerprint density at radius 3 is 2.47 bits per heavy atom. The molecule has 4 N–H and O–H groups in total. The zero-order chi connectivity index (χ0) is 25.1. The topological polar surface area (TPSA) is 127 Å². The van der Waals surface area contributed by atoms with E-state index in [1.165, 1.54) is 6.20 Å². The van der Waals surface area contributed by atoms with Crippen LogP contribution in [0.3, 0.4) is 0 Å². The van der Waals surface area contributed by atoms with Crippen LogP contribution in [0.2, 0.25) is 0 Å². The number of fused-ring (bicyclic) bond motifs is 1. The third-order valence-electron chi connectivity index (χ3n) is 6.46. The molecule has 2 fully saturated rings.